The average Bonchev–Trinajstić information content (AvgIpc) is 2.61. The van der Waals surface area contributed by atoms with Gasteiger partial charge in [-0.15, -0.1) is 0 Å². The Morgan fingerprint density at radius 2 is 1.81 bits per heavy atom. The van der Waals surface area contributed by atoms with E-state index in [1.807, 2.05) is 0 Å². The molecular formula is C16H19F2N3O4S. The Morgan fingerprint density at radius 3 is 2.38 bits per heavy atom. The summed E-state index contributed by atoms with van der Waals surface area (Å²) in [6, 6.07) is 2.75. The predicted octanol–water partition coefficient (Wildman–Crippen LogP) is 1.63. The Labute approximate surface area is 153 Å². The third kappa shape index (κ3) is 5.13. The number of esters is 1. The zero-order valence-electron chi connectivity index (χ0n) is 14.4. The molecule has 1 atom stereocenters. The van der Waals surface area contributed by atoms with Gasteiger partial charge in [-0.05, 0) is 30.8 Å². The molecule has 0 radical (unpaired) electrons. The number of halogens is 2. The third-order valence-electron chi connectivity index (χ3n) is 3.86. The van der Waals surface area contributed by atoms with Gasteiger partial charge in [0, 0.05) is 39.3 Å². The second kappa shape index (κ2) is 8.93. The van der Waals surface area contributed by atoms with Crippen LogP contribution in [-0.2, 0) is 14.3 Å². The molecule has 0 saturated carbocycles. The fraction of sp³-hybridized carbons (Fsp3) is 0.500. The Morgan fingerprint density at radius 1 is 1.19 bits per heavy atom. The fourth-order valence-corrected chi connectivity index (χ4v) is 3.07. The summed E-state index contributed by atoms with van der Waals surface area (Å²) >= 11 is 0.142. The van der Waals surface area contributed by atoms with Gasteiger partial charge in [-0.25, -0.2) is 9.78 Å². The van der Waals surface area contributed by atoms with Crippen molar-refractivity contribution < 1.29 is 27.9 Å². The summed E-state index contributed by atoms with van der Waals surface area (Å²) in [6.45, 7) is 4.41. The van der Waals surface area contributed by atoms with Crippen molar-refractivity contribution in [2.45, 2.75) is 30.7 Å². The lowest BCUT2D eigenvalue weighted by Crippen LogP contribution is -2.52. The van der Waals surface area contributed by atoms with Gasteiger partial charge in [0.1, 0.15) is 5.03 Å². The Kier molecular flexibility index (Phi) is 6.90. The first-order chi connectivity index (χ1) is 12.3. The standard InChI is InChI=1S/C16H19F2N3O4S/c1-10(14(23)21-8-6-20(7-9-21)11(2)22)25-15(24)12-4-3-5-19-13(12)26-16(17)18/h3-5,10,16H,6-9H2,1-2H3. The van der Waals surface area contributed by atoms with Crippen molar-refractivity contribution in [3.8, 4) is 0 Å². The molecule has 1 aromatic rings. The van der Waals surface area contributed by atoms with Crippen molar-refractivity contribution in [1.82, 2.24) is 14.8 Å². The van der Waals surface area contributed by atoms with Crippen LogP contribution in [0.5, 0.6) is 0 Å². The van der Waals surface area contributed by atoms with E-state index >= 15 is 0 Å². The highest BCUT2D eigenvalue weighted by Gasteiger charge is 2.29. The van der Waals surface area contributed by atoms with Gasteiger partial charge < -0.3 is 14.5 Å². The van der Waals surface area contributed by atoms with Gasteiger partial charge in [0.15, 0.2) is 6.10 Å². The lowest BCUT2D eigenvalue weighted by molar-refractivity contribution is -0.144. The van der Waals surface area contributed by atoms with Crippen LogP contribution in [0.15, 0.2) is 23.4 Å². The minimum Gasteiger partial charge on any atom is -0.449 e. The van der Waals surface area contributed by atoms with Crippen LogP contribution in [-0.4, -0.2) is 70.6 Å². The van der Waals surface area contributed by atoms with E-state index in [4.69, 9.17) is 4.74 Å². The third-order valence-corrected chi connectivity index (χ3v) is 4.59. The fourth-order valence-electron chi connectivity index (χ4n) is 2.50. The number of rotatable bonds is 5. The van der Waals surface area contributed by atoms with Crippen LogP contribution >= 0.6 is 11.8 Å². The van der Waals surface area contributed by atoms with Crippen molar-refractivity contribution in [2.75, 3.05) is 26.2 Å². The molecule has 1 aromatic heterocycles. The van der Waals surface area contributed by atoms with E-state index in [0.29, 0.717) is 26.2 Å². The lowest BCUT2D eigenvalue weighted by Gasteiger charge is -2.35. The van der Waals surface area contributed by atoms with Crippen molar-refractivity contribution >= 4 is 29.5 Å². The number of hydrogen-bond donors (Lipinski definition) is 0. The van der Waals surface area contributed by atoms with Gasteiger partial charge >= 0.3 is 5.97 Å². The first kappa shape index (κ1) is 20.1. The van der Waals surface area contributed by atoms with Crippen molar-refractivity contribution in [1.29, 1.82) is 0 Å². The first-order valence-electron chi connectivity index (χ1n) is 7.94. The quantitative estimate of drug-likeness (QED) is 0.564. The summed E-state index contributed by atoms with van der Waals surface area (Å²) in [5, 5.41) is -0.151. The summed E-state index contributed by atoms with van der Waals surface area (Å²) < 4.78 is 30.3. The molecule has 0 N–H and O–H groups in total. The van der Waals surface area contributed by atoms with Crippen molar-refractivity contribution in [2.24, 2.45) is 0 Å². The second-order valence-corrected chi connectivity index (χ2v) is 6.59. The van der Waals surface area contributed by atoms with Gasteiger partial charge in [0.25, 0.3) is 11.7 Å². The molecule has 1 aliphatic rings. The molecule has 2 heterocycles. The number of ether oxygens (including phenoxy) is 1. The van der Waals surface area contributed by atoms with Crippen LogP contribution in [0.2, 0.25) is 0 Å². The highest BCUT2D eigenvalue weighted by Crippen LogP contribution is 2.27. The molecule has 10 heteroatoms. The Balaban J connectivity index is 1.97. The lowest BCUT2D eigenvalue weighted by atomic mass is 10.2. The molecule has 2 amide bonds. The summed E-state index contributed by atoms with van der Waals surface area (Å²) in [7, 11) is 0. The van der Waals surface area contributed by atoms with Gasteiger partial charge in [0.2, 0.25) is 5.91 Å². The molecule has 1 fully saturated rings. The molecule has 0 aliphatic carbocycles. The predicted molar refractivity (Wildman–Crippen MR) is 89.8 cm³/mol. The topological polar surface area (TPSA) is 79.8 Å². The number of carbonyl (C=O) groups is 3. The van der Waals surface area contributed by atoms with E-state index in [2.05, 4.69) is 4.98 Å². The van der Waals surface area contributed by atoms with Crippen LogP contribution in [0.4, 0.5) is 8.78 Å². The molecule has 0 bridgehead atoms. The number of piperazine rings is 1. The van der Waals surface area contributed by atoms with Crippen molar-refractivity contribution in [3.05, 3.63) is 23.9 Å². The van der Waals surface area contributed by atoms with Crippen molar-refractivity contribution in [3.63, 3.8) is 0 Å². The maximum atomic E-state index is 12.6. The molecule has 1 saturated heterocycles. The van der Waals surface area contributed by atoms with Crippen LogP contribution < -0.4 is 0 Å². The van der Waals surface area contributed by atoms with E-state index in [0.717, 1.165) is 0 Å². The van der Waals surface area contributed by atoms with E-state index in [-0.39, 0.29) is 28.3 Å². The normalized spacial score (nSPS) is 15.7. The molecular weight excluding hydrogens is 368 g/mol. The molecule has 7 nitrogen and oxygen atoms in total. The number of nitrogens with zero attached hydrogens (tertiary/aromatic N) is 3. The van der Waals surface area contributed by atoms with Gasteiger partial charge in [0.05, 0.1) is 5.56 Å². The molecule has 26 heavy (non-hydrogen) atoms. The maximum Gasteiger partial charge on any atom is 0.341 e. The van der Waals surface area contributed by atoms with Crippen LogP contribution in [0.25, 0.3) is 0 Å². The zero-order chi connectivity index (χ0) is 19.3. The number of carbonyl (C=O) groups excluding carboxylic acids is 3. The number of amides is 2. The highest BCUT2D eigenvalue weighted by molar-refractivity contribution is 7.99. The van der Waals surface area contributed by atoms with Gasteiger partial charge in [-0.3, -0.25) is 9.59 Å². The number of hydrogen-bond acceptors (Lipinski definition) is 6. The SMILES string of the molecule is CC(=O)N1CCN(C(=O)C(C)OC(=O)c2cccnc2SC(F)F)CC1. The van der Waals surface area contributed by atoms with Crippen LogP contribution in [0, 0.1) is 0 Å². The number of aromatic nitrogens is 1. The van der Waals surface area contributed by atoms with Crippen LogP contribution in [0.3, 0.4) is 0 Å². The second-order valence-electron chi connectivity index (χ2n) is 5.61. The summed E-state index contributed by atoms with van der Waals surface area (Å²) in [5.74, 6) is -4.07. The Hall–Kier alpha value is -2.23. The van der Waals surface area contributed by atoms with E-state index in [1.165, 1.54) is 37.1 Å². The maximum absolute atomic E-state index is 12.6. The first-order valence-corrected chi connectivity index (χ1v) is 8.82. The largest absolute Gasteiger partial charge is 0.449 e. The highest BCUT2D eigenvalue weighted by atomic mass is 32.2. The van der Waals surface area contributed by atoms with E-state index in [9.17, 15) is 23.2 Å². The molecule has 142 valence electrons. The monoisotopic (exact) mass is 387 g/mol. The average molecular weight is 387 g/mol. The zero-order valence-corrected chi connectivity index (χ0v) is 15.2. The number of thioether (sulfide) groups is 1. The number of pyridine rings is 1. The molecule has 1 aliphatic heterocycles. The molecule has 0 aromatic carbocycles. The molecule has 1 unspecified atom stereocenters. The van der Waals surface area contributed by atoms with E-state index in [1.54, 1.807) is 4.90 Å². The molecule has 2 rings (SSSR count). The smallest absolute Gasteiger partial charge is 0.341 e. The Bertz CT molecular complexity index is 681. The summed E-state index contributed by atoms with van der Waals surface area (Å²) in [6.07, 6.45) is 0.223. The number of alkyl halides is 2. The van der Waals surface area contributed by atoms with E-state index < -0.39 is 23.7 Å². The van der Waals surface area contributed by atoms with Gasteiger partial charge in [-0.2, -0.15) is 8.78 Å². The molecule has 0 spiro atoms. The summed E-state index contributed by atoms with van der Waals surface area (Å²) in [5.41, 5.74) is -0.112. The van der Waals surface area contributed by atoms with Crippen LogP contribution in [0.1, 0.15) is 24.2 Å². The minimum atomic E-state index is -2.73. The summed E-state index contributed by atoms with van der Waals surface area (Å²) in [4.78, 5) is 42.9. The minimum absolute atomic E-state index is 0.0581. The van der Waals surface area contributed by atoms with Gasteiger partial charge in [-0.1, -0.05) is 0 Å².